The molecule has 0 spiro atoms. The van der Waals surface area contributed by atoms with Crippen molar-refractivity contribution in [1.29, 1.82) is 0 Å². The molecule has 1 N–H and O–H groups in total. The average Bonchev–Trinajstić information content (AvgIpc) is 3.53. The maximum atomic E-state index is 12.9. The van der Waals surface area contributed by atoms with Crippen LogP contribution >= 0.6 is 11.8 Å². The normalized spacial score (nSPS) is 18.7. The van der Waals surface area contributed by atoms with Crippen molar-refractivity contribution in [3.63, 3.8) is 0 Å². The second-order valence-electron chi connectivity index (χ2n) is 9.04. The molecule has 38 heavy (non-hydrogen) atoms. The number of carbonyl (C=O) groups excluding carboxylic acids is 2. The van der Waals surface area contributed by atoms with Gasteiger partial charge >= 0.3 is 0 Å². The molecule has 2 aliphatic heterocycles. The molecule has 0 fully saturated rings. The highest BCUT2D eigenvalue weighted by atomic mass is 32.2. The van der Waals surface area contributed by atoms with Crippen molar-refractivity contribution in [2.75, 3.05) is 19.5 Å². The number of anilines is 1. The minimum Gasteiger partial charge on any atom is -0.497 e. The summed E-state index contributed by atoms with van der Waals surface area (Å²) in [7, 11) is 3.18. The van der Waals surface area contributed by atoms with E-state index in [1.165, 1.54) is 17.3 Å². The van der Waals surface area contributed by atoms with Crippen molar-refractivity contribution < 1.29 is 19.1 Å². The molecule has 0 aliphatic carbocycles. The quantitative estimate of drug-likeness (QED) is 0.454. The summed E-state index contributed by atoms with van der Waals surface area (Å²) in [6.07, 6.45) is 0.648. The van der Waals surface area contributed by atoms with Gasteiger partial charge in [-0.15, -0.1) is 0 Å². The molecule has 0 radical (unpaired) electrons. The number of para-hydroxylation sites is 2. The zero-order valence-electron chi connectivity index (χ0n) is 21.4. The van der Waals surface area contributed by atoms with E-state index in [-0.39, 0.29) is 24.3 Å². The molecule has 9 heteroatoms. The van der Waals surface area contributed by atoms with Gasteiger partial charge in [0.2, 0.25) is 5.91 Å². The van der Waals surface area contributed by atoms with Gasteiger partial charge in [0.1, 0.15) is 16.7 Å². The molecule has 0 aromatic heterocycles. The Balaban J connectivity index is 1.35. The van der Waals surface area contributed by atoms with Gasteiger partial charge < -0.3 is 14.8 Å². The van der Waals surface area contributed by atoms with Crippen LogP contribution in [0.5, 0.6) is 11.5 Å². The van der Waals surface area contributed by atoms with E-state index in [4.69, 9.17) is 14.6 Å². The molecule has 194 valence electrons. The summed E-state index contributed by atoms with van der Waals surface area (Å²) >= 11 is 1.28. The second-order valence-corrected chi connectivity index (χ2v) is 10.2. The Kier molecular flexibility index (Phi) is 7.46. The van der Waals surface area contributed by atoms with Gasteiger partial charge in [-0.3, -0.25) is 9.59 Å². The van der Waals surface area contributed by atoms with Crippen LogP contribution in [0.2, 0.25) is 0 Å². The lowest BCUT2D eigenvalue weighted by atomic mass is 9.98. The number of aliphatic imine (C=N–C) groups is 1. The Hall–Kier alpha value is -4.11. The van der Waals surface area contributed by atoms with E-state index < -0.39 is 5.25 Å². The number of ether oxygens (including phenoxy) is 2. The third kappa shape index (κ3) is 5.43. The van der Waals surface area contributed by atoms with Crippen LogP contribution in [0.15, 0.2) is 82.9 Å². The first-order valence-electron chi connectivity index (χ1n) is 12.2. The Morgan fingerprint density at radius 1 is 1.03 bits per heavy atom. The van der Waals surface area contributed by atoms with Crippen LogP contribution in [0.1, 0.15) is 35.6 Å². The minimum absolute atomic E-state index is 0.00730. The summed E-state index contributed by atoms with van der Waals surface area (Å²) in [6, 6.07) is 23.1. The van der Waals surface area contributed by atoms with Crippen LogP contribution in [-0.2, 0) is 9.59 Å². The standard InChI is InChI=1S/C29H28N4O4S/c1-18-8-10-20(11-9-18)24-16-23(19-12-14-21(36-2)15-13-19)32-33(24)29-31-28(35)26(38-29)17-27(34)30-22-6-4-5-7-25(22)37-3/h4-15,24,26H,16-17H2,1-3H3,(H,30,34). The molecule has 8 nitrogen and oxygen atoms in total. The summed E-state index contributed by atoms with van der Waals surface area (Å²) in [5.74, 6) is 0.711. The molecule has 3 aromatic rings. The molecule has 2 heterocycles. The first-order valence-corrected chi connectivity index (χ1v) is 13.1. The first kappa shape index (κ1) is 25.5. The molecule has 2 amide bonds. The fraction of sp³-hybridized carbons (Fsp3) is 0.241. The van der Waals surface area contributed by atoms with Gasteiger partial charge in [0, 0.05) is 12.8 Å². The van der Waals surface area contributed by atoms with Crippen LogP contribution in [0.4, 0.5) is 5.69 Å². The lowest BCUT2D eigenvalue weighted by Gasteiger charge is -2.23. The molecule has 2 atom stereocenters. The molecular weight excluding hydrogens is 500 g/mol. The SMILES string of the molecule is COc1ccc(C2=NN(C3=NC(=O)C(CC(=O)Nc4ccccc4OC)S3)C(c3ccc(C)cc3)C2)cc1. The summed E-state index contributed by atoms with van der Waals surface area (Å²) in [5, 5.41) is 9.44. The van der Waals surface area contributed by atoms with E-state index in [0.717, 1.165) is 22.6 Å². The number of hydrogen-bond donors (Lipinski definition) is 1. The van der Waals surface area contributed by atoms with Gasteiger partial charge in [-0.2, -0.15) is 10.1 Å². The number of nitrogens with one attached hydrogen (secondary N) is 1. The molecule has 0 bridgehead atoms. The Morgan fingerprint density at radius 2 is 1.76 bits per heavy atom. The lowest BCUT2D eigenvalue weighted by Crippen LogP contribution is -2.25. The van der Waals surface area contributed by atoms with Crippen molar-refractivity contribution >= 4 is 40.1 Å². The van der Waals surface area contributed by atoms with Gasteiger partial charge in [0.15, 0.2) is 5.17 Å². The monoisotopic (exact) mass is 528 g/mol. The number of carbonyl (C=O) groups is 2. The topological polar surface area (TPSA) is 92.6 Å². The van der Waals surface area contributed by atoms with Gasteiger partial charge in [-0.1, -0.05) is 53.7 Å². The fourth-order valence-electron chi connectivity index (χ4n) is 4.41. The Bertz CT molecular complexity index is 1400. The highest BCUT2D eigenvalue weighted by Crippen LogP contribution is 2.39. The maximum Gasteiger partial charge on any atom is 0.262 e. The highest BCUT2D eigenvalue weighted by Gasteiger charge is 2.39. The van der Waals surface area contributed by atoms with Crippen LogP contribution < -0.4 is 14.8 Å². The van der Waals surface area contributed by atoms with Crippen molar-refractivity contribution in [3.05, 3.63) is 89.5 Å². The largest absolute Gasteiger partial charge is 0.497 e. The molecular formula is C29H28N4O4S. The van der Waals surface area contributed by atoms with E-state index in [9.17, 15) is 9.59 Å². The predicted molar refractivity (Wildman–Crippen MR) is 150 cm³/mol. The summed E-state index contributed by atoms with van der Waals surface area (Å²) in [6.45, 7) is 2.05. The van der Waals surface area contributed by atoms with Crippen LogP contribution in [0, 0.1) is 6.92 Å². The van der Waals surface area contributed by atoms with Crippen molar-refractivity contribution in [1.82, 2.24) is 5.01 Å². The Morgan fingerprint density at radius 3 is 2.47 bits per heavy atom. The third-order valence-electron chi connectivity index (χ3n) is 6.47. The minimum atomic E-state index is -0.626. The van der Waals surface area contributed by atoms with E-state index in [1.54, 1.807) is 26.4 Å². The van der Waals surface area contributed by atoms with Crippen LogP contribution in [0.25, 0.3) is 0 Å². The zero-order chi connectivity index (χ0) is 26.6. The number of nitrogens with zero attached hydrogens (tertiary/aromatic N) is 3. The van der Waals surface area contributed by atoms with Crippen molar-refractivity contribution in [2.24, 2.45) is 10.1 Å². The number of thioether (sulfide) groups is 1. The molecule has 0 saturated carbocycles. The zero-order valence-corrected chi connectivity index (χ0v) is 22.2. The third-order valence-corrected chi connectivity index (χ3v) is 7.61. The number of amidine groups is 1. The second kappa shape index (κ2) is 11.1. The van der Waals surface area contributed by atoms with E-state index in [1.807, 2.05) is 48.3 Å². The molecule has 0 saturated heterocycles. The number of methoxy groups -OCH3 is 2. The van der Waals surface area contributed by atoms with Gasteiger partial charge in [0.05, 0.1) is 31.7 Å². The number of hydrogen-bond acceptors (Lipinski definition) is 7. The molecule has 2 unspecified atom stereocenters. The Labute approximate surface area is 225 Å². The van der Waals surface area contributed by atoms with Crippen molar-refractivity contribution in [3.8, 4) is 11.5 Å². The molecule has 3 aromatic carbocycles. The van der Waals surface area contributed by atoms with Gasteiger partial charge in [0.25, 0.3) is 5.91 Å². The highest BCUT2D eigenvalue weighted by molar-refractivity contribution is 8.15. The van der Waals surface area contributed by atoms with Gasteiger partial charge in [-0.05, 0) is 54.4 Å². The average molecular weight is 529 g/mol. The maximum absolute atomic E-state index is 12.9. The number of benzene rings is 3. The van der Waals surface area contributed by atoms with Crippen molar-refractivity contribution in [2.45, 2.75) is 31.1 Å². The van der Waals surface area contributed by atoms with E-state index in [2.05, 4.69) is 34.6 Å². The number of rotatable bonds is 7. The van der Waals surface area contributed by atoms with Gasteiger partial charge in [-0.25, -0.2) is 5.01 Å². The van der Waals surface area contributed by atoms with Crippen LogP contribution in [-0.4, -0.2) is 47.2 Å². The fourth-order valence-corrected chi connectivity index (χ4v) is 5.48. The molecule has 5 rings (SSSR count). The first-order chi connectivity index (χ1) is 18.4. The predicted octanol–water partition coefficient (Wildman–Crippen LogP) is 5.19. The van der Waals surface area contributed by atoms with Crippen LogP contribution in [0.3, 0.4) is 0 Å². The summed E-state index contributed by atoms with van der Waals surface area (Å²) < 4.78 is 10.6. The summed E-state index contributed by atoms with van der Waals surface area (Å²) in [4.78, 5) is 30.0. The number of aryl methyl sites for hydroxylation is 1. The van der Waals surface area contributed by atoms with E-state index in [0.29, 0.717) is 23.0 Å². The summed E-state index contributed by atoms with van der Waals surface area (Å²) in [5.41, 5.74) is 4.68. The van der Waals surface area contributed by atoms with E-state index >= 15 is 0 Å². The smallest absolute Gasteiger partial charge is 0.262 e. The number of amides is 2. The molecule has 2 aliphatic rings. The lowest BCUT2D eigenvalue weighted by molar-refractivity contribution is -0.121. The number of hydrazone groups is 1.